The van der Waals surface area contributed by atoms with E-state index in [2.05, 4.69) is 0 Å². The molecule has 1 aromatic rings. The first-order valence-corrected chi connectivity index (χ1v) is 8.55. The molecule has 1 N–H and O–H groups in total. The monoisotopic (exact) mass is 376 g/mol. The minimum Gasteiger partial charge on any atom is -0.491 e. The number of rotatable bonds is 6. The van der Waals surface area contributed by atoms with Crippen molar-refractivity contribution in [2.75, 3.05) is 6.61 Å². The van der Waals surface area contributed by atoms with Gasteiger partial charge in [-0.05, 0) is 37.0 Å². The van der Waals surface area contributed by atoms with Gasteiger partial charge in [0.15, 0.2) is 0 Å². The van der Waals surface area contributed by atoms with Gasteiger partial charge >= 0.3 is 12.1 Å². The van der Waals surface area contributed by atoms with Crippen LogP contribution in [0.15, 0.2) is 24.3 Å². The summed E-state index contributed by atoms with van der Waals surface area (Å²) in [5, 5.41) is 10.1. The van der Waals surface area contributed by atoms with Gasteiger partial charge in [-0.15, -0.1) is 0 Å². The van der Waals surface area contributed by atoms with Crippen LogP contribution in [0.25, 0.3) is 0 Å². The van der Waals surface area contributed by atoms with Gasteiger partial charge in [-0.1, -0.05) is 6.07 Å². The van der Waals surface area contributed by atoms with Gasteiger partial charge in [0.25, 0.3) is 0 Å². The third-order valence-corrected chi connectivity index (χ3v) is 5.09. The number of aliphatic hydroxyl groups is 1. The molecule has 0 bridgehead atoms. The van der Waals surface area contributed by atoms with Crippen molar-refractivity contribution in [1.82, 2.24) is 0 Å². The van der Waals surface area contributed by atoms with Crippen LogP contribution in [0.1, 0.15) is 31.2 Å². The van der Waals surface area contributed by atoms with Crippen molar-refractivity contribution >= 4 is 5.97 Å². The second-order valence-corrected chi connectivity index (χ2v) is 6.87. The highest BCUT2D eigenvalue weighted by Crippen LogP contribution is 2.43. The van der Waals surface area contributed by atoms with E-state index >= 15 is 0 Å². The smallest absolute Gasteiger partial charge is 0.416 e. The van der Waals surface area contributed by atoms with E-state index < -0.39 is 24.0 Å². The second kappa shape index (κ2) is 7.42. The average Bonchev–Trinajstić information content (AvgIpc) is 3.05. The van der Waals surface area contributed by atoms with Gasteiger partial charge in [0.2, 0.25) is 0 Å². The number of hydrogen-bond donors (Lipinski definition) is 1. The summed E-state index contributed by atoms with van der Waals surface area (Å²) in [6.45, 7) is -0.367. The van der Waals surface area contributed by atoms with Crippen LogP contribution in [-0.2, 0) is 15.7 Å². The van der Waals surface area contributed by atoms with Crippen molar-refractivity contribution in [3.63, 3.8) is 0 Å². The fourth-order valence-electron chi connectivity index (χ4n) is 3.79. The summed E-state index contributed by atoms with van der Waals surface area (Å²) in [5.41, 5.74) is -0.851. The molecule has 3 rings (SSSR count). The second-order valence-electron chi connectivity index (χ2n) is 6.87. The lowest BCUT2D eigenvalue weighted by atomic mass is 9.87. The zero-order chi connectivity index (χ0) is 18.9. The number of hydrogen-bond acceptors (Lipinski definition) is 4. The number of carbonyl (C=O) groups excluding carboxylic acids is 1. The van der Waals surface area contributed by atoms with E-state index in [1.54, 1.807) is 0 Å². The molecule has 8 heteroatoms. The Morgan fingerprint density at radius 2 is 2.12 bits per heavy atom. The number of fused-ring (bicyclic) bond motifs is 1. The van der Waals surface area contributed by atoms with E-state index in [0.29, 0.717) is 12.8 Å². The van der Waals surface area contributed by atoms with Crippen LogP contribution in [0.4, 0.5) is 17.6 Å². The number of halogens is 4. The third-order valence-electron chi connectivity index (χ3n) is 5.09. The summed E-state index contributed by atoms with van der Waals surface area (Å²) >= 11 is 0. The molecule has 0 unspecified atom stereocenters. The van der Waals surface area contributed by atoms with Crippen molar-refractivity contribution in [3.05, 3.63) is 29.8 Å². The molecule has 0 radical (unpaired) electrons. The highest BCUT2D eigenvalue weighted by Gasteiger charge is 2.49. The number of alkyl halides is 4. The van der Waals surface area contributed by atoms with Gasteiger partial charge in [-0.3, -0.25) is 4.79 Å². The Morgan fingerprint density at radius 1 is 1.35 bits per heavy atom. The van der Waals surface area contributed by atoms with Crippen LogP contribution in [0.5, 0.6) is 5.75 Å². The maximum atomic E-state index is 14.1. The summed E-state index contributed by atoms with van der Waals surface area (Å²) in [7, 11) is 0. The number of esters is 1. The van der Waals surface area contributed by atoms with E-state index in [1.807, 2.05) is 0 Å². The molecule has 1 saturated heterocycles. The number of carbonyl (C=O) groups is 1. The van der Waals surface area contributed by atoms with Gasteiger partial charge in [-0.2, -0.15) is 13.2 Å². The molecule has 144 valence electrons. The molecule has 1 heterocycles. The SMILES string of the molecule is O=C1C[C@@H]2[C@@H](CC[C@@H](F)COc3cccc(C(F)(F)F)c3)[C@H](O)C[C@@H]2O1. The van der Waals surface area contributed by atoms with Crippen LogP contribution >= 0.6 is 0 Å². The Labute approximate surface area is 148 Å². The Bertz CT molecular complexity index is 648. The van der Waals surface area contributed by atoms with Gasteiger partial charge in [0.05, 0.1) is 18.1 Å². The standard InChI is InChI=1S/C18H20F4O4/c19-11(9-25-12-3-1-2-10(6-12)18(20,21)22)4-5-13-14-7-17(24)26-16(14)8-15(13)23/h1-3,6,11,13-16,23H,4-5,7-9H2/t11-,13-,14-,15-,16+/m1/s1. The van der Waals surface area contributed by atoms with Crippen molar-refractivity contribution in [1.29, 1.82) is 0 Å². The maximum absolute atomic E-state index is 14.1. The normalized spacial score (nSPS) is 29.3. The topological polar surface area (TPSA) is 55.8 Å². The van der Waals surface area contributed by atoms with Crippen LogP contribution in [0, 0.1) is 11.8 Å². The van der Waals surface area contributed by atoms with Crippen LogP contribution < -0.4 is 4.74 Å². The summed E-state index contributed by atoms with van der Waals surface area (Å²) in [6.07, 6.45) is -5.71. The fourth-order valence-corrected chi connectivity index (χ4v) is 3.79. The molecular weight excluding hydrogens is 356 g/mol. The predicted octanol–water partition coefficient (Wildman–Crippen LogP) is 3.52. The zero-order valence-electron chi connectivity index (χ0n) is 13.9. The Hall–Kier alpha value is -1.83. The largest absolute Gasteiger partial charge is 0.491 e. The number of ether oxygens (including phenoxy) is 2. The summed E-state index contributed by atoms with van der Waals surface area (Å²) < 4.78 is 62.3. The molecule has 1 aliphatic heterocycles. The molecule has 2 aliphatic rings. The van der Waals surface area contributed by atoms with Crippen molar-refractivity contribution in [2.24, 2.45) is 11.8 Å². The number of aliphatic hydroxyl groups excluding tert-OH is 1. The molecule has 5 atom stereocenters. The van der Waals surface area contributed by atoms with E-state index in [1.165, 1.54) is 12.1 Å². The molecule has 0 amide bonds. The molecule has 2 fully saturated rings. The van der Waals surface area contributed by atoms with Gasteiger partial charge in [0, 0.05) is 12.3 Å². The Balaban J connectivity index is 1.47. The lowest BCUT2D eigenvalue weighted by Gasteiger charge is -2.20. The lowest BCUT2D eigenvalue weighted by Crippen LogP contribution is -2.23. The summed E-state index contributed by atoms with van der Waals surface area (Å²) in [5.74, 6) is -0.632. The van der Waals surface area contributed by atoms with E-state index in [4.69, 9.17) is 9.47 Å². The highest BCUT2D eigenvalue weighted by atomic mass is 19.4. The molecule has 4 nitrogen and oxygen atoms in total. The first kappa shape index (κ1) is 18.9. The summed E-state index contributed by atoms with van der Waals surface area (Å²) in [4.78, 5) is 11.3. The lowest BCUT2D eigenvalue weighted by molar-refractivity contribution is -0.142. The van der Waals surface area contributed by atoms with E-state index in [0.717, 1.165) is 12.1 Å². The third kappa shape index (κ3) is 4.28. The minimum absolute atomic E-state index is 0.0433. The molecule has 1 saturated carbocycles. The van der Waals surface area contributed by atoms with Crippen molar-refractivity contribution < 1.29 is 36.9 Å². The van der Waals surface area contributed by atoms with Crippen LogP contribution in [-0.4, -0.2) is 36.1 Å². The Morgan fingerprint density at radius 3 is 2.85 bits per heavy atom. The quantitative estimate of drug-likeness (QED) is 0.610. The number of benzene rings is 1. The predicted molar refractivity (Wildman–Crippen MR) is 83.2 cm³/mol. The molecule has 1 aliphatic carbocycles. The zero-order valence-corrected chi connectivity index (χ0v) is 13.9. The van der Waals surface area contributed by atoms with Gasteiger partial charge < -0.3 is 14.6 Å². The molecule has 0 spiro atoms. The summed E-state index contributed by atoms with van der Waals surface area (Å²) in [6, 6.07) is 4.30. The molecule has 0 aromatic heterocycles. The molecular formula is C18H20F4O4. The van der Waals surface area contributed by atoms with Crippen molar-refractivity contribution in [2.45, 2.75) is 50.2 Å². The first-order chi connectivity index (χ1) is 12.2. The Kier molecular flexibility index (Phi) is 5.41. The molecule has 26 heavy (non-hydrogen) atoms. The average molecular weight is 376 g/mol. The highest BCUT2D eigenvalue weighted by molar-refractivity contribution is 5.72. The van der Waals surface area contributed by atoms with Crippen LogP contribution in [0.2, 0.25) is 0 Å². The first-order valence-electron chi connectivity index (χ1n) is 8.55. The van der Waals surface area contributed by atoms with Crippen molar-refractivity contribution in [3.8, 4) is 5.75 Å². The molecule has 1 aromatic carbocycles. The maximum Gasteiger partial charge on any atom is 0.416 e. The van der Waals surface area contributed by atoms with E-state index in [9.17, 15) is 27.5 Å². The minimum atomic E-state index is -4.48. The van der Waals surface area contributed by atoms with E-state index in [-0.39, 0.29) is 49.1 Å². The fraction of sp³-hybridized carbons (Fsp3) is 0.611. The van der Waals surface area contributed by atoms with Gasteiger partial charge in [-0.25, -0.2) is 4.39 Å². The van der Waals surface area contributed by atoms with Crippen LogP contribution in [0.3, 0.4) is 0 Å². The van der Waals surface area contributed by atoms with Gasteiger partial charge in [0.1, 0.15) is 24.6 Å².